The molecule has 0 saturated carbocycles. The molecule has 1 unspecified atom stereocenters. The number of hydrogen-bond acceptors (Lipinski definition) is 5. The molecule has 0 aliphatic heterocycles. The zero-order chi connectivity index (χ0) is 16.2. The molecule has 0 aliphatic rings. The van der Waals surface area contributed by atoms with Gasteiger partial charge in [0.2, 0.25) is 0 Å². The van der Waals surface area contributed by atoms with Gasteiger partial charge in [0.15, 0.2) is 11.5 Å². The zero-order valence-electron chi connectivity index (χ0n) is 13.0. The summed E-state index contributed by atoms with van der Waals surface area (Å²) in [6.07, 6.45) is 6.82. The second-order valence-corrected chi connectivity index (χ2v) is 5.11. The molecule has 1 aromatic carbocycles. The van der Waals surface area contributed by atoms with Crippen molar-refractivity contribution in [2.75, 3.05) is 14.2 Å². The molecule has 0 aliphatic carbocycles. The summed E-state index contributed by atoms with van der Waals surface area (Å²) in [5.74, 6) is 1.37. The van der Waals surface area contributed by atoms with E-state index in [0.29, 0.717) is 11.5 Å². The highest BCUT2D eigenvalue weighted by molar-refractivity contribution is 5.67. The first-order valence-corrected chi connectivity index (χ1v) is 7.18. The lowest BCUT2D eigenvalue weighted by atomic mass is 9.99. The molecule has 0 bridgehead atoms. The Hall–Kier alpha value is -2.79. The highest BCUT2D eigenvalue weighted by Gasteiger charge is 2.12. The van der Waals surface area contributed by atoms with Crippen LogP contribution in [0.5, 0.6) is 11.5 Å². The molecular weight excluding hydrogens is 292 g/mol. The molecule has 2 heterocycles. The quantitative estimate of drug-likeness (QED) is 0.782. The highest BCUT2D eigenvalue weighted by Crippen LogP contribution is 2.33. The van der Waals surface area contributed by atoms with Gasteiger partial charge in [-0.15, -0.1) is 0 Å². The van der Waals surface area contributed by atoms with E-state index >= 15 is 0 Å². The molecule has 0 fully saturated rings. The van der Waals surface area contributed by atoms with Gasteiger partial charge in [-0.05, 0) is 35.4 Å². The normalized spacial score (nSPS) is 12.0. The Kier molecular flexibility index (Phi) is 4.30. The predicted molar refractivity (Wildman–Crippen MR) is 87.5 cm³/mol. The van der Waals surface area contributed by atoms with Crippen LogP contribution in [-0.2, 0) is 0 Å². The topological polar surface area (TPSA) is 70.5 Å². The van der Waals surface area contributed by atoms with Crippen molar-refractivity contribution >= 4 is 0 Å². The van der Waals surface area contributed by atoms with Crippen LogP contribution in [0.4, 0.5) is 0 Å². The van der Waals surface area contributed by atoms with Crippen LogP contribution in [0, 0.1) is 0 Å². The number of furan rings is 1. The van der Waals surface area contributed by atoms with E-state index in [1.807, 2.05) is 30.3 Å². The molecule has 118 valence electrons. The number of methoxy groups -OCH3 is 2. The van der Waals surface area contributed by atoms with Gasteiger partial charge in [-0.25, -0.2) is 0 Å². The fourth-order valence-electron chi connectivity index (χ4n) is 2.45. The Labute approximate surface area is 134 Å². The summed E-state index contributed by atoms with van der Waals surface area (Å²) in [5, 5.41) is 0. The third kappa shape index (κ3) is 3.05. The van der Waals surface area contributed by atoms with E-state index in [-0.39, 0.29) is 6.04 Å². The molecular formula is C18H18N2O3. The second-order valence-electron chi connectivity index (χ2n) is 5.11. The molecule has 2 aromatic heterocycles. The summed E-state index contributed by atoms with van der Waals surface area (Å²) in [6.45, 7) is 0. The van der Waals surface area contributed by atoms with Crippen molar-refractivity contribution in [3.05, 3.63) is 66.4 Å². The first-order chi connectivity index (χ1) is 11.2. The van der Waals surface area contributed by atoms with Crippen LogP contribution in [-0.4, -0.2) is 19.2 Å². The van der Waals surface area contributed by atoms with Gasteiger partial charge in [0.1, 0.15) is 0 Å². The minimum absolute atomic E-state index is 0.277. The molecule has 0 saturated heterocycles. The number of benzene rings is 1. The van der Waals surface area contributed by atoms with Gasteiger partial charge >= 0.3 is 0 Å². The lowest BCUT2D eigenvalue weighted by molar-refractivity contribution is 0.355. The van der Waals surface area contributed by atoms with Crippen LogP contribution in [0.1, 0.15) is 17.2 Å². The van der Waals surface area contributed by atoms with Crippen molar-refractivity contribution < 1.29 is 13.9 Å². The third-order valence-corrected chi connectivity index (χ3v) is 3.74. The van der Waals surface area contributed by atoms with E-state index in [1.54, 1.807) is 39.1 Å². The molecule has 2 N–H and O–H groups in total. The number of pyridine rings is 1. The van der Waals surface area contributed by atoms with Crippen LogP contribution in [0.15, 0.2) is 59.7 Å². The smallest absolute Gasteiger partial charge is 0.161 e. The summed E-state index contributed by atoms with van der Waals surface area (Å²) in [6, 6.07) is 9.35. The van der Waals surface area contributed by atoms with E-state index in [9.17, 15) is 0 Å². The number of aromatic nitrogens is 1. The number of rotatable bonds is 5. The first-order valence-electron chi connectivity index (χ1n) is 7.18. The molecule has 3 rings (SSSR count). The van der Waals surface area contributed by atoms with Crippen molar-refractivity contribution in [3.8, 4) is 22.6 Å². The highest BCUT2D eigenvalue weighted by atomic mass is 16.5. The fourth-order valence-corrected chi connectivity index (χ4v) is 2.45. The van der Waals surface area contributed by atoms with E-state index in [1.165, 1.54) is 0 Å². The Bertz CT molecular complexity index is 785. The molecule has 3 aromatic rings. The van der Waals surface area contributed by atoms with E-state index < -0.39 is 0 Å². The summed E-state index contributed by atoms with van der Waals surface area (Å²) in [7, 11) is 3.23. The SMILES string of the molecule is COc1ccc(-c2cncc(C(N)c3ccoc3)c2)cc1OC. The van der Waals surface area contributed by atoms with Crippen LogP contribution in [0.3, 0.4) is 0 Å². The molecule has 0 amide bonds. The summed E-state index contributed by atoms with van der Waals surface area (Å²) < 4.78 is 15.7. The van der Waals surface area contributed by atoms with E-state index in [0.717, 1.165) is 22.3 Å². The maximum atomic E-state index is 6.26. The number of nitrogens with two attached hydrogens (primary N) is 1. The molecule has 0 spiro atoms. The lowest BCUT2D eigenvalue weighted by Gasteiger charge is -2.12. The van der Waals surface area contributed by atoms with Crippen molar-refractivity contribution in [1.82, 2.24) is 4.98 Å². The number of nitrogens with zero attached hydrogens (tertiary/aromatic N) is 1. The molecule has 23 heavy (non-hydrogen) atoms. The maximum Gasteiger partial charge on any atom is 0.161 e. The average molecular weight is 310 g/mol. The second kappa shape index (κ2) is 6.54. The summed E-state index contributed by atoms with van der Waals surface area (Å²) in [4.78, 5) is 4.31. The number of ether oxygens (including phenoxy) is 2. The minimum atomic E-state index is -0.277. The Balaban J connectivity index is 1.96. The van der Waals surface area contributed by atoms with Crippen LogP contribution in [0.25, 0.3) is 11.1 Å². The van der Waals surface area contributed by atoms with Gasteiger partial charge in [-0.1, -0.05) is 6.07 Å². The van der Waals surface area contributed by atoms with E-state index in [2.05, 4.69) is 4.98 Å². The fraction of sp³-hybridized carbons (Fsp3) is 0.167. The van der Waals surface area contributed by atoms with Crippen molar-refractivity contribution in [3.63, 3.8) is 0 Å². The Morgan fingerprint density at radius 1 is 0.957 bits per heavy atom. The average Bonchev–Trinajstić information content (AvgIpc) is 3.15. The predicted octanol–water partition coefficient (Wildman–Crippen LogP) is 3.41. The van der Waals surface area contributed by atoms with Crippen LogP contribution >= 0.6 is 0 Å². The van der Waals surface area contributed by atoms with Gasteiger partial charge in [0.25, 0.3) is 0 Å². The Morgan fingerprint density at radius 3 is 2.48 bits per heavy atom. The summed E-state index contributed by atoms with van der Waals surface area (Å²) in [5.41, 5.74) is 10.0. The Morgan fingerprint density at radius 2 is 1.78 bits per heavy atom. The van der Waals surface area contributed by atoms with Gasteiger partial charge in [-0.3, -0.25) is 4.98 Å². The van der Waals surface area contributed by atoms with Gasteiger partial charge in [0, 0.05) is 23.5 Å². The molecule has 0 radical (unpaired) electrons. The first kappa shape index (κ1) is 15.1. The lowest BCUT2D eigenvalue weighted by Crippen LogP contribution is -2.11. The number of hydrogen-bond donors (Lipinski definition) is 1. The maximum absolute atomic E-state index is 6.26. The van der Waals surface area contributed by atoms with Gasteiger partial charge in [0.05, 0.1) is 32.8 Å². The standard InChI is InChI=1S/C18H18N2O3/c1-21-16-4-3-12(8-17(16)22-2)14-7-15(10-20-9-14)18(19)13-5-6-23-11-13/h3-11,18H,19H2,1-2H3. The van der Waals surface area contributed by atoms with Crippen molar-refractivity contribution in [2.24, 2.45) is 5.73 Å². The largest absolute Gasteiger partial charge is 0.493 e. The van der Waals surface area contributed by atoms with Crippen molar-refractivity contribution in [1.29, 1.82) is 0 Å². The molecule has 5 nitrogen and oxygen atoms in total. The molecule has 1 atom stereocenters. The summed E-state index contributed by atoms with van der Waals surface area (Å²) >= 11 is 0. The minimum Gasteiger partial charge on any atom is -0.493 e. The van der Waals surface area contributed by atoms with Crippen molar-refractivity contribution in [2.45, 2.75) is 6.04 Å². The van der Waals surface area contributed by atoms with Gasteiger partial charge in [-0.2, -0.15) is 0 Å². The van der Waals surface area contributed by atoms with Crippen LogP contribution in [0.2, 0.25) is 0 Å². The van der Waals surface area contributed by atoms with Gasteiger partial charge < -0.3 is 19.6 Å². The van der Waals surface area contributed by atoms with Crippen LogP contribution < -0.4 is 15.2 Å². The molecule has 5 heteroatoms. The third-order valence-electron chi connectivity index (χ3n) is 3.74. The zero-order valence-corrected chi connectivity index (χ0v) is 13.0. The van der Waals surface area contributed by atoms with E-state index in [4.69, 9.17) is 19.6 Å². The monoisotopic (exact) mass is 310 g/mol.